The molecule has 0 atom stereocenters. The van der Waals surface area contributed by atoms with Gasteiger partial charge >= 0.3 is 0 Å². The first-order valence-corrected chi connectivity index (χ1v) is 20.0. The van der Waals surface area contributed by atoms with Crippen molar-refractivity contribution in [2.75, 3.05) is 0 Å². The quantitative estimate of drug-likeness (QED) is 0.169. The summed E-state index contributed by atoms with van der Waals surface area (Å²) in [6.07, 6.45) is 0. The number of hydrogen-bond donors (Lipinski definition) is 0. The number of para-hydroxylation sites is 1. The Labute approximate surface area is 335 Å². The largest absolute Gasteiger partial charge is 0.309 e. The molecule has 4 nitrogen and oxygen atoms in total. The van der Waals surface area contributed by atoms with Crippen LogP contribution in [-0.4, -0.2) is 19.5 Å². The molecular weight excluding hydrogens is 705 g/mol. The van der Waals surface area contributed by atoms with Crippen LogP contribution in [0.25, 0.3) is 105 Å². The van der Waals surface area contributed by atoms with Crippen molar-refractivity contribution < 1.29 is 0 Å². The van der Waals surface area contributed by atoms with E-state index in [4.69, 9.17) is 15.0 Å². The molecule has 1 aliphatic carbocycles. The van der Waals surface area contributed by atoms with E-state index in [-0.39, 0.29) is 5.41 Å². The van der Waals surface area contributed by atoms with E-state index < -0.39 is 0 Å². The van der Waals surface area contributed by atoms with Gasteiger partial charge in [0.05, 0.1) is 16.7 Å². The molecule has 0 amide bonds. The minimum atomic E-state index is -0.114. The van der Waals surface area contributed by atoms with E-state index in [1.54, 1.807) is 0 Å². The van der Waals surface area contributed by atoms with Crippen molar-refractivity contribution in [2.45, 2.75) is 19.3 Å². The van der Waals surface area contributed by atoms with E-state index in [2.05, 4.69) is 164 Å². The smallest absolute Gasteiger partial charge is 0.164 e. The van der Waals surface area contributed by atoms with E-state index in [1.165, 1.54) is 65.5 Å². The van der Waals surface area contributed by atoms with Gasteiger partial charge in [0.1, 0.15) is 0 Å². The van der Waals surface area contributed by atoms with E-state index in [9.17, 15) is 0 Å². The third-order valence-corrected chi connectivity index (χ3v) is 12.4. The van der Waals surface area contributed by atoms with Gasteiger partial charge in [0.15, 0.2) is 17.5 Å². The van der Waals surface area contributed by atoms with E-state index in [0.29, 0.717) is 17.5 Å². The Hall–Kier alpha value is -7.43. The van der Waals surface area contributed by atoms with Gasteiger partial charge in [-0.25, -0.2) is 15.0 Å². The molecule has 12 rings (SSSR count). The van der Waals surface area contributed by atoms with Gasteiger partial charge in [-0.1, -0.05) is 166 Å². The van der Waals surface area contributed by atoms with Crippen LogP contribution in [-0.2, 0) is 5.41 Å². The molecule has 0 aliphatic heterocycles. The van der Waals surface area contributed by atoms with Crippen molar-refractivity contribution in [1.82, 2.24) is 19.5 Å². The van der Waals surface area contributed by atoms with Crippen molar-refractivity contribution in [1.29, 1.82) is 0 Å². The zero-order valence-corrected chi connectivity index (χ0v) is 32.1. The summed E-state index contributed by atoms with van der Waals surface area (Å²) in [5.74, 6) is 1.91. The molecule has 11 aromatic rings. The Morgan fingerprint density at radius 2 is 0.879 bits per heavy atom. The number of fused-ring (bicyclic) bond motifs is 12. The van der Waals surface area contributed by atoms with Gasteiger partial charge in [-0.05, 0) is 79.5 Å². The molecular formula is C54H36N4. The van der Waals surface area contributed by atoms with Gasteiger partial charge in [-0.15, -0.1) is 0 Å². The second kappa shape index (κ2) is 12.3. The molecule has 2 heterocycles. The average Bonchev–Trinajstić information content (AvgIpc) is 3.73. The Morgan fingerprint density at radius 3 is 1.55 bits per heavy atom. The Kier molecular flexibility index (Phi) is 6.94. The van der Waals surface area contributed by atoms with Gasteiger partial charge < -0.3 is 4.57 Å². The second-order valence-electron chi connectivity index (χ2n) is 16.0. The molecule has 2 aromatic heterocycles. The summed E-state index contributed by atoms with van der Waals surface area (Å²) in [6, 6.07) is 65.4. The summed E-state index contributed by atoms with van der Waals surface area (Å²) in [5, 5.41) is 9.68. The summed E-state index contributed by atoms with van der Waals surface area (Å²) in [7, 11) is 0. The summed E-state index contributed by atoms with van der Waals surface area (Å²) in [5.41, 5.74) is 11.5. The zero-order valence-electron chi connectivity index (χ0n) is 32.1. The monoisotopic (exact) mass is 740 g/mol. The highest BCUT2D eigenvalue weighted by atomic mass is 15.0. The Morgan fingerprint density at radius 1 is 0.362 bits per heavy atom. The van der Waals surface area contributed by atoms with Gasteiger partial charge in [-0.2, -0.15) is 0 Å². The molecule has 0 fully saturated rings. The van der Waals surface area contributed by atoms with Crippen LogP contribution in [0, 0.1) is 0 Å². The molecule has 0 spiro atoms. The third kappa shape index (κ3) is 4.72. The lowest BCUT2D eigenvalue weighted by molar-refractivity contribution is 0.661. The molecule has 9 aromatic carbocycles. The summed E-state index contributed by atoms with van der Waals surface area (Å²) >= 11 is 0. The SMILES string of the molecule is CC1(C)c2ccccc2-c2cc3c(cc21)c1ccccc1n3-c1cc(-c2nc(-c3ccccc3)nc(-c3ccccc3)n2)cc2c3ccccc3c3ccccc3c12. The van der Waals surface area contributed by atoms with Crippen molar-refractivity contribution in [3.05, 3.63) is 193 Å². The lowest BCUT2D eigenvalue weighted by Crippen LogP contribution is -2.14. The predicted molar refractivity (Wildman–Crippen MR) is 241 cm³/mol. The lowest BCUT2D eigenvalue weighted by atomic mass is 9.82. The number of aromatic nitrogens is 4. The van der Waals surface area contributed by atoms with Crippen molar-refractivity contribution in [3.8, 4) is 51.0 Å². The van der Waals surface area contributed by atoms with Crippen LogP contribution in [0.15, 0.2) is 182 Å². The van der Waals surface area contributed by atoms with Crippen molar-refractivity contribution in [2.24, 2.45) is 0 Å². The highest BCUT2D eigenvalue weighted by Gasteiger charge is 2.36. The van der Waals surface area contributed by atoms with Gasteiger partial charge in [0.25, 0.3) is 0 Å². The zero-order chi connectivity index (χ0) is 38.5. The standard InChI is InChI=1S/C54H36N4/c1-54(2)45-27-15-13-24-39(45)42-32-48-43(31-46(42)54)40-25-14-16-28-47(40)58(48)49-30-35(29-44-38-23-10-9-21-36(38)37-22-11-12-26-41(37)50(44)49)53-56-51(33-17-5-3-6-18-33)55-52(57-53)34-19-7-4-8-20-34/h3-32H,1-2H3. The fourth-order valence-electron chi connectivity index (χ4n) is 9.68. The molecule has 272 valence electrons. The molecule has 0 bridgehead atoms. The molecule has 0 saturated carbocycles. The average molecular weight is 741 g/mol. The normalized spacial score (nSPS) is 13.1. The first-order valence-electron chi connectivity index (χ1n) is 20.0. The van der Waals surface area contributed by atoms with Crippen LogP contribution < -0.4 is 0 Å². The van der Waals surface area contributed by atoms with Gasteiger partial charge in [-0.3, -0.25) is 0 Å². The number of benzene rings is 9. The van der Waals surface area contributed by atoms with Crippen LogP contribution >= 0.6 is 0 Å². The number of rotatable bonds is 4. The van der Waals surface area contributed by atoms with Crippen LogP contribution in [0.3, 0.4) is 0 Å². The second-order valence-corrected chi connectivity index (χ2v) is 16.0. The fourth-order valence-corrected chi connectivity index (χ4v) is 9.68. The van der Waals surface area contributed by atoms with E-state index in [0.717, 1.165) is 33.3 Å². The topological polar surface area (TPSA) is 43.6 Å². The molecule has 0 unspecified atom stereocenters. The van der Waals surface area contributed by atoms with Crippen molar-refractivity contribution in [3.63, 3.8) is 0 Å². The van der Waals surface area contributed by atoms with Gasteiger partial charge in [0.2, 0.25) is 0 Å². The minimum absolute atomic E-state index is 0.114. The fraction of sp³-hybridized carbons (Fsp3) is 0.0556. The Balaban J connectivity index is 1.25. The summed E-state index contributed by atoms with van der Waals surface area (Å²) < 4.78 is 2.50. The van der Waals surface area contributed by atoms with Gasteiger partial charge in [0, 0.05) is 38.3 Å². The maximum Gasteiger partial charge on any atom is 0.164 e. The van der Waals surface area contributed by atoms with Crippen molar-refractivity contribution >= 4 is 54.1 Å². The molecule has 1 aliphatic rings. The minimum Gasteiger partial charge on any atom is -0.309 e. The summed E-state index contributed by atoms with van der Waals surface area (Å²) in [6.45, 7) is 4.72. The Bertz CT molecular complexity index is 3410. The molecule has 0 saturated heterocycles. The van der Waals surface area contributed by atoms with E-state index >= 15 is 0 Å². The highest BCUT2D eigenvalue weighted by Crippen LogP contribution is 2.51. The molecule has 0 N–H and O–H groups in total. The van der Waals surface area contributed by atoms with Crippen LogP contribution in [0.2, 0.25) is 0 Å². The van der Waals surface area contributed by atoms with Crippen LogP contribution in [0.4, 0.5) is 0 Å². The molecule has 4 heteroatoms. The number of nitrogens with zero attached hydrogens (tertiary/aromatic N) is 4. The predicted octanol–water partition coefficient (Wildman–Crippen LogP) is 13.7. The lowest BCUT2D eigenvalue weighted by Gasteiger charge is -2.21. The first-order chi connectivity index (χ1) is 28.5. The van der Waals surface area contributed by atoms with E-state index in [1.807, 2.05) is 36.4 Å². The number of hydrogen-bond acceptors (Lipinski definition) is 3. The molecule has 0 radical (unpaired) electrons. The summed E-state index contributed by atoms with van der Waals surface area (Å²) in [4.78, 5) is 15.5. The maximum absolute atomic E-state index is 5.25. The van der Waals surface area contributed by atoms with Crippen LogP contribution in [0.1, 0.15) is 25.0 Å². The first kappa shape index (κ1) is 32.8. The third-order valence-electron chi connectivity index (χ3n) is 12.4. The maximum atomic E-state index is 5.25. The van der Waals surface area contributed by atoms with Crippen LogP contribution in [0.5, 0.6) is 0 Å². The molecule has 58 heavy (non-hydrogen) atoms. The highest BCUT2D eigenvalue weighted by molar-refractivity contribution is 6.28.